The number of hydrogen-bond acceptors (Lipinski definition) is 5. The van der Waals surface area contributed by atoms with E-state index in [4.69, 9.17) is 19.6 Å². The summed E-state index contributed by atoms with van der Waals surface area (Å²) in [7, 11) is -8.57. The standard InChI is InChI=1S/C9H23NO6P2.2H3N/c1-2-3-4-5-6-7-10(8-17(11,12)13)9-18(14,15)16;;/h2-9H2,1H3,(H2,11,12,13)(H2,14,15,16);2*1H3. The van der Waals surface area contributed by atoms with Crippen LogP contribution in [-0.4, -0.2) is 43.6 Å². The van der Waals surface area contributed by atoms with E-state index in [-0.39, 0.29) is 12.3 Å². The summed E-state index contributed by atoms with van der Waals surface area (Å²) in [5.41, 5.74) is 0. The lowest BCUT2D eigenvalue weighted by atomic mass is 10.1. The molecule has 126 valence electrons. The van der Waals surface area contributed by atoms with Crippen molar-refractivity contribution in [1.29, 1.82) is 0 Å². The van der Waals surface area contributed by atoms with E-state index in [1.807, 2.05) is 0 Å². The molecule has 0 rings (SSSR count). The third-order valence-corrected chi connectivity index (χ3v) is 3.88. The lowest BCUT2D eigenvalue weighted by Crippen LogP contribution is -2.27. The average molecular weight is 337 g/mol. The molecule has 0 unspecified atom stereocenters. The first-order chi connectivity index (χ1) is 8.14. The molecular formula is C9H29N3O6P2. The van der Waals surface area contributed by atoms with E-state index in [0.29, 0.717) is 13.0 Å². The zero-order valence-electron chi connectivity index (χ0n) is 12.0. The highest BCUT2D eigenvalue weighted by atomic mass is 31.2. The van der Waals surface area contributed by atoms with Gasteiger partial charge in [0.25, 0.3) is 0 Å². The molecule has 0 aromatic carbocycles. The van der Waals surface area contributed by atoms with Crippen molar-refractivity contribution in [1.82, 2.24) is 17.2 Å². The molecule has 0 aromatic rings. The second-order valence-electron chi connectivity index (χ2n) is 4.42. The molecule has 0 spiro atoms. The highest BCUT2D eigenvalue weighted by Crippen LogP contribution is 2.40. The van der Waals surface area contributed by atoms with Gasteiger partial charge < -0.3 is 31.9 Å². The molecule has 0 aliphatic carbocycles. The van der Waals surface area contributed by atoms with Crippen molar-refractivity contribution in [3.8, 4) is 0 Å². The maximum absolute atomic E-state index is 10.9. The fraction of sp³-hybridized carbons (Fsp3) is 1.00. The Morgan fingerprint density at radius 1 is 0.800 bits per heavy atom. The molecular weight excluding hydrogens is 308 g/mol. The highest BCUT2D eigenvalue weighted by molar-refractivity contribution is 7.52. The monoisotopic (exact) mass is 337 g/mol. The number of unbranched alkanes of at least 4 members (excludes halogenated alkanes) is 4. The molecule has 0 amide bonds. The Kier molecular flexibility index (Phi) is 14.8. The van der Waals surface area contributed by atoms with Crippen molar-refractivity contribution < 1.29 is 28.7 Å². The molecule has 0 heterocycles. The van der Waals surface area contributed by atoms with Crippen LogP contribution in [0, 0.1) is 0 Å². The predicted octanol–water partition coefficient (Wildman–Crippen LogP) is 1.85. The zero-order valence-corrected chi connectivity index (χ0v) is 13.8. The summed E-state index contributed by atoms with van der Waals surface area (Å²) < 4.78 is 21.7. The molecule has 0 saturated carbocycles. The van der Waals surface area contributed by atoms with Gasteiger partial charge in [-0.15, -0.1) is 0 Å². The first-order valence-electron chi connectivity index (χ1n) is 5.95. The summed E-state index contributed by atoms with van der Waals surface area (Å²) in [5, 5.41) is 0. The first kappa shape index (κ1) is 25.2. The Hall–Kier alpha value is 0.180. The van der Waals surface area contributed by atoms with E-state index < -0.39 is 27.8 Å². The molecule has 0 aliphatic rings. The summed E-state index contributed by atoms with van der Waals surface area (Å²) in [6.45, 7) is 2.37. The molecule has 20 heavy (non-hydrogen) atoms. The van der Waals surface area contributed by atoms with Crippen LogP contribution >= 0.6 is 15.2 Å². The van der Waals surface area contributed by atoms with Gasteiger partial charge in [0.15, 0.2) is 0 Å². The molecule has 0 fully saturated rings. The van der Waals surface area contributed by atoms with Crippen molar-refractivity contribution in [3.63, 3.8) is 0 Å². The Labute approximate surface area is 120 Å². The van der Waals surface area contributed by atoms with Crippen molar-refractivity contribution in [2.24, 2.45) is 0 Å². The van der Waals surface area contributed by atoms with Gasteiger partial charge in [-0.05, 0) is 13.0 Å². The van der Waals surface area contributed by atoms with Crippen LogP contribution in [0.3, 0.4) is 0 Å². The van der Waals surface area contributed by atoms with Crippen LogP contribution in [0.25, 0.3) is 0 Å². The Bertz CT molecular complexity index is 295. The first-order valence-corrected chi connectivity index (χ1v) is 9.55. The third-order valence-electron chi connectivity index (χ3n) is 2.35. The normalized spacial score (nSPS) is 11.9. The second kappa shape index (κ2) is 11.8. The van der Waals surface area contributed by atoms with Crippen LogP contribution in [0.1, 0.15) is 39.0 Å². The number of rotatable bonds is 10. The maximum Gasteiger partial charge on any atom is 0.339 e. The molecule has 0 bridgehead atoms. The topological polar surface area (TPSA) is 188 Å². The van der Waals surface area contributed by atoms with Crippen LogP contribution < -0.4 is 12.3 Å². The third kappa shape index (κ3) is 18.2. The van der Waals surface area contributed by atoms with Crippen molar-refractivity contribution in [2.75, 3.05) is 19.1 Å². The van der Waals surface area contributed by atoms with Crippen molar-refractivity contribution in [2.45, 2.75) is 39.0 Å². The molecule has 0 radical (unpaired) electrons. The van der Waals surface area contributed by atoms with Crippen molar-refractivity contribution >= 4 is 15.2 Å². The fourth-order valence-corrected chi connectivity index (χ4v) is 3.33. The van der Waals surface area contributed by atoms with Crippen LogP contribution in [0.4, 0.5) is 0 Å². The van der Waals surface area contributed by atoms with Gasteiger partial charge in [-0.1, -0.05) is 32.6 Å². The Morgan fingerprint density at radius 3 is 1.55 bits per heavy atom. The molecule has 0 aliphatic heterocycles. The van der Waals surface area contributed by atoms with Crippen LogP contribution in [0.5, 0.6) is 0 Å². The lowest BCUT2D eigenvalue weighted by molar-refractivity contribution is 0.273. The summed E-state index contributed by atoms with van der Waals surface area (Å²) in [6.07, 6.45) is 3.58. The van der Waals surface area contributed by atoms with E-state index in [1.165, 1.54) is 0 Å². The van der Waals surface area contributed by atoms with E-state index in [2.05, 4.69) is 6.92 Å². The quantitative estimate of drug-likeness (QED) is 0.255. The summed E-state index contributed by atoms with van der Waals surface area (Å²) in [6, 6.07) is 0. The largest absolute Gasteiger partial charge is 0.344 e. The Balaban J connectivity index is -0.00000144. The predicted molar refractivity (Wildman–Crippen MR) is 79.3 cm³/mol. The van der Waals surface area contributed by atoms with Gasteiger partial charge in [-0.3, -0.25) is 14.0 Å². The van der Waals surface area contributed by atoms with Crippen LogP contribution in [-0.2, 0) is 9.13 Å². The molecule has 9 nitrogen and oxygen atoms in total. The molecule has 0 atom stereocenters. The van der Waals surface area contributed by atoms with E-state index in [1.54, 1.807) is 0 Å². The minimum atomic E-state index is -4.29. The smallest absolute Gasteiger partial charge is 0.339 e. The number of hydrogen-bond donors (Lipinski definition) is 6. The van der Waals surface area contributed by atoms with E-state index in [9.17, 15) is 9.13 Å². The average Bonchev–Trinajstić information content (AvgIpc) is 2.12. The molecule has 10 N–H and O–H groups in total. The van der Waals surface area contributed by atoms with E-state index in [0.717, 1.165) is 30.6 Å². The maximum atomic E-state index is 10.9. The second-order valence-corrected chi connectivity index (χ2v) is 7.65. The Morgan fingerprint density at radius 2 is 1.20 bits per heavy atom. The van der Waals surface area contributed by atoms with Gasteiger partial charge in [0.05, 0.1) is 0 Å². The minimum absolute atomic E-state index is 0. The summed E-state index contributed by atoms with van der Waals surface area (Å²) in [4.78, 5) is 36.5. The zero-order chi connectivity index (χ0) is 14.2. The van der Waals surface area contributed by atoms with Gasteiger partial charge in [0.1, 0.15) is 12.6 Å². The van der Waals surface area contributed by atoms with Crippen LogP contribution in [0.15, 0.2) is 0 Å². The summed E-state index contributed by atoms with van der Waals surface area (Å²) >= 11 is 0. The SMILES string of the molecule is CCCCCCCN(CP(=O)(O)O)CP(=O)(O)O.N.N. The van der Waals surface area contributed by atoms with Gasteiger partial charge in [-0.2, -0.15) is 0 Å². The van der Waals surface area contributed by atoms with Gasteiger partial charge >= 0.3 is 15.2 Å². The van der Waals surface area contributed by atoms with Gasteiger partial charge in [-0.25, -0.2) is 0 Å². The highest BCUT2D eigenvalue weighted by Gasteiger charge is 2.25. The molecule has 11 heteroatoms. The fourth-order valence-electron chi connectivity index (χ4n) is 1.65. The molecule has 0 saturated heterocycles. The van der Waals surface area contributed by atoms with E-state index >= 15 is 0 Å². The van der Waals surface area contributed by atoms with Crippen molar-refractivity contribution in [3.05, 3.63) is 0 Å². The summed E-state index contributed by atoms with van der Waals surface area (Å²) in [5.74, 6) is 0. The lowest BCUT2D eigenvalue weighted by Gasteiger charge is -2.22. The number of nitrogens with zero attached hydrogens (tertiary/aromatic N) is 1. The van der Waals surface area contributed by atoms with Gasteiger partial charge in [0, 0.05) is 0 Å². The van der Waals surface area contributed by atoms with Crippen LogP contribution in [0.2, 0.25) is 0 Å². The van der Waals surface area contributed by atoms with Gasteiger partial charge in [0.2, 0.25) is 0 Å². The molecule has 0 aromatic heterocycles. The minimum Gasteiger partial charge on any atom is -0.344 e.